The molecule has 1 aromatic carbocycles. The van der Waals surface area contributed by atoms with Gasteiger partial charge >= 0.3 is 0 Å². The van der Waals surface area contributed by atoms with Crippen molar-refractivity contribution in [3.8, 4) is 11.4 Å². The highest BCUT2D eigenvalue weighted by Gasteiger charge is 2.04. The highest BCUT2D eigenvalue weighted by molar-refractivity contribution is 6.30. The highest BCUT2D eigenvalue weighted by atomic mass is 35.5. The molecule has 0 saturated carbocycles. The predicted molar refractivity (Wildman–Crippen MR) is 63.1 cm³/mol. The first-order chi connectivity index (χ1) is 7.70. The van der Waals surface area contributed by atoms with E-state index in [1.165, 1.54) is 0 Å². The van der Waals surface area contributed by atoms with Gasteiger partial charge in [0.05, 0.1) is 6.61 Å². The molecule has 0 bridgehead atoms. The molecule has 1 heterocycles. The van der Waals surface area contributed by atoms with E-state index in [0.717, 1.165) is 16.8 Å². The number of nitrogens with zero attached hydrogens (tertiary/aromatic N) is 2. The van der Waals surface area contributed by atoms with Gasteiger partial charge in [-0.1, -0.05) is 11.6 Å². The third kappa shape index (κ3) is 2.21. The molecule has 82 valence electrons. The average molecular weight is 235 g/mol. The Labute approximate surface area is 98.8 Å². The summed E-state index contributed by atoms with van der Waals surface area (Å²) in [5, 5.41) is 9.71. The molecule has 0 aliphatic heterocycles. The Morgan fingerprint density at radius 1 is 1.25 bits per heavy atom. The van der Waals surface area contributed by atoms with E-state index in [2.05, 4.69) is 9.97 Å². The standard InChI is InChI=1S/C12H11ClN2O/c1-8-10(7-16)6-14-12(15-8)9-2-4-11(13)5-3-9/h2-6,16H,7H2,1H3. The molecule has 1 aromatic heterocycles. The SMILES string of the molecule is Cc1nc(-c2ccc(Cl)cc2)ncc1CO. The number of hydrogen-bond donors (Lipinski definition) is 1. The zero-order chi connectivity index (χ0) is 11.5. The van der Waals surface area contributed by atoms with Crippen LogP contribution < -0.4 is 0 Å². The number of aromatic nitrogens is 2. The van der Waals surface area contributed by atoms with E-state index in [4.69, 9.17) is 16.7 Å². The average Bonchev–Trinajstić information content (AvgIpc) is 2.30. The topological polar surface area (TPSA) is 46.0 Å². The molecule has 0 aliphatic rings. The van der Waals surface area contributed by atoms with Gasteiger partial charge in [0.1, 0.15) is 0 Å². The van der Waals surface area contributed by atoms with Crippen molar-refractivity contribution in [1.82, 2.24) is 9.97 Å². The lowest BCUT2D eigenvalue weighted by Crippen LogP contribution is -1.97. The van der Waals surface area contributed by atoms with Crippen LogP contribution in [-0.4, -0.2) is 15.1 Å². The number of hydrogen-bond acceptors (Lipinski definition) is 3. The zero-order valence-electron chi connectivity index (χ0n) is 8.81. The van der Waals surface area contributed by atoms with Gasteiger partial charge in [-0.25, -0.2) is 9.97 Å². The summed E-state index contributed by atoms with van der Waals surface area (Å²) in [7, 11) is 0. The van der Waals surface area contributed by atoms with Gasteiger partial charge in [-0.05, 0) is 31.2 Å². The van der Waals surface area contributed by atoms with Crippen molar-refractivity contribution < 1.29 is 5.11 Å². The van der Waals surface area contributed by atoms with E-state index in [-0.39, 0.29) is 6.61 Å². The molecule has 0 amide bonds. The normalized spacial score (nSPS) is 10.4. The Morgan fingerprint density at radius 3 is 2.50 bits per heavy atom. The monoisotopic (exact) mass is 234 g/mol. The minimum atomic E-state index is -0.0350. The molecule has 0 saturated heterocycles. The number of benzene rings is 1. The summed E-state index contributed by atoms with van der Waals surface area (Å²) in [6, 6.07) is 7.34. The van der Waals surface area contributed by atoms with Crippen LogP contribution in [0.5, 0.6) is 0 Å². The van der Waals surface area contributed by atoms with Crippen LogP contribution in [0.25, 0.3) is 11.4 Å². The Hall–Kier alpha value is -1.45. The lowest BCUT2D eigenvalue weighted by molar-refractivity contribution is 0.280. The fourth-order valence-corrected chi connectivity index (χ4v) is 1.51. The van der Waals surface area contributed by atoms with Gasteiger partial charge < -0.3 is 5.11 Å². The van der Waals surface area contributed by atoms with Gasteiger partial charge in [-0.15, -0.1) is 0 Å². The summed E-state index contributed by atoms with van der Waals surface area (Å²) < 4.78 is 0. The molecule has 4 heteroatoms. The van der Waals surface area contributed by atoms with Crippen molar-refractivity contribution in [2.24, 2.45) is 0 Å². The van der Waals surface area contributed by atoms with E-state index in [1.54, 1.807) is 18.3 Å². The molecule has 0 spiro atoms. The van der Waals surface area contributed by atoms with Gasteiger partial charge in [-0.2, -0.15) is 0 Å². The van der Waals surface area contributed by atoms with Crippen LogP contribution in [0.15, 0.2) is 30.5 Å². The fraction of sp³-hybridized carbons (Fsp3) is 0.167. The Bertz CT molecular complexity index is 497. The van der Waals surface area contributed by atoms with Crippen molar-refractivity contribution in [1.29, 1.82) is 0 Å². The molecule has 0 radical (unpaired) electrons. The predicted octanol–water partition coefficient (Wildman–Crippen LogP) is 2.60. The van der Waals surface area contributed by atoms with Crippen LogP contribution in [0.1, 0.15) is 11.3 Å². The Kier molecular flexibility index (Phi) is 3.17. The van der Waals surface area contributed by atoms with E-state index in [1.807, 2.05) is 19.1 Å². The van der Waals surface area contributed by atoms with Gasteiger partial charge in [0.15, 0.2) is 5.82 Å². The van der Waals surface area contributed by atoms with Crippen molar-refractivity contribution >= 4 is 11.6 Å². The highest BCUT2D eigenvalue weighted by Crippen LogP contribution is 2.18. The zero-order valence-corrected chi connectivity index (χ0v) is 9.57. The largest absolute Gasteiger partial charge is 0.392 e. The minimum Gasteiger partial charge on any atom is -0.392 e. The molecule has 0 unspecified atom stereocenters. The first-order valence-electron chi connectivity index (χ1n) is 4.90. The van der Waals surface area contributed by atoms with E-state index < -0.39 is 0 Å². The first-order valence-corrected chi connectivity index (χ1v) is 5.28. The summed E-state index contributed by atoms with van der Waals surface area (Å²) in [5.41, 5.74) is 2.46. The number of aliphatic hydroxyl groups excluding tert-OH is 1. The number of halogens is 1. The Balaban J connectivity index is 2.41. The fourth-order valence-electron chi connectivity index (χ4n) is 1.39. The molecule has 3 nitrogen and oxygen atoms in total. The van der Waals surface area contributed by atoms with E-state index in [9.17, 15) is 0 Å². The van der Waals surface area contributed by atoms with Crippen LogP contribution in [0.4, 0.5) is 0 Å². The summed E-state index contributed by atoms with van der Waals surface area (Å²) in [6.07, 6.45) is 1.65. The second-order valence-corrected chi connectivity index (χ2v) is 3.91. The van der Waals surface area contributed by atoms with Crippen LogP contribution >= 0.6 is 11.6 Å². The quantitative estimate of drug-likeness (QED) is 0.869. The first kappa shape index (κ1) is 11.0. The van der Waals surface area contributed by atoms with E-state index in [0.29, 0.717) is 10.8 Å². The van der Waals surface area contributed by atoms with E-state index >= 15 is 0 Å². The maximum absolute atomic E-state index is 9.02. The molecular formula is C12H11ClN2O. The molecule has 0 atom stereocenters. The van der Waals surface area contributed by atoms with Crippen LogP contribution in [0, 0.1) is 6.92 Å². The molecule has 0 aliphatic carbocycles. The lowest BCUT2D eigenvalue weighted by Gasteiger charge is -2.04. The van der Waals surface area contributed by atoms with Crippen LogP contribution in [0.2, 0.25) is 5.02 Å². The third-order valence-corrected chi connectivity index (χ3v) is 2.61. The van der Waals surface area contributed by atoms with Gasteiger partial charge in [0.2, 0.25) is 0 Å². The van der Waals surface area contributed by atoms with Crippen molar-refractivity contribution in [2.75, 3.05) is 0 Å². The number of aliphatic hydroxyl groups is 1. The smallest absolute Gasteiger partial charge is 0.159 e. The Morgan fingerprint density at radius 2 is 1.94 bits per heavy atom. The maximum Gasteiger partial charge on any atom is 0.159 e. The minimum absolute atomic E-state index is 0.0350. The molecule has 0 fully saturated rings. The number of rotatable bonds is 2. The second-order valence-electron chi connectivity index (χ2n) is 3.47. The molecular weight excluding hydrogens is 224 g/mol. The van der Waals surface area contributed by atoms with Gasteiger partial charge in [-0.3, -0.25) is 0 Å². The van der Waals surface area contributed by atoms with Crippen molar-refractivity contribution in [3.63, 3.8) is 0 Å². The summed E-state index contributed by atoms with van der Waals surface area (Å²) >= 11 is 5.80. The number of aryl methyl sites for hydroxylation is 1. The van der Waals surface area contributed by atoms with Crippen molar-refractivity contribution in [2.45, 2.75) is 13.5 Å². The van der Waals surface area contributed by atoms with Gasteiger partial charge in [0, 0.05) is 28.0 Å². The lowest BCUT2D eigenvalue weighted by atomic mass is 10.2. The third-order valence-electron chi connectivity index (χ3n) is 2.35. The molecule has 2 aromatic rings. The summed E-state index contributed by atoms with van der Waals surface area (Å²) in [6.45, 7) is 1.82. The maximum atomic E-state index is 9.02. The molecule has 16 heavy (non-hydrogen) atoms. The summed E-state index contributed by atoms with van der Waals surface area (Å²) in [5.74, 6) is 0.645. The molecule has 2 rings (SSSR count). The molecule has 1 N–H and O–H groups in total. The van der Waals surface area contributed by atoms with Crippen LogP contribution in [-0.2, 0) is 6.61 Å². The summed E-state index contributed by atoms with van der Waals surface area (Å²) in [4.78, 5) is 8.53. The van der Waals surface area contributed by atoms with Crippen LogP contribution in [0.3, 0.4) is 0 Å². The van der Waals surface area contributed by atoms with Crippen molar-refractivity contribution in [3.05, 3.63) is 46.7 Å². The second kappa shape index (κ2) is 4.60. The van der Waals surface area contributed by atoms with Gasteiger partial charge in [0.25, 0.3) is 0 Å².